The van der Waals surface area contributed by atoms with Crippen molar-refractivity contribution in [1.82, 2.24) is 4.31 Å². The van der Waals surface area contributed by atoms with E-state index >= 15 is 0 Å². The van der Waals surface area contributed by atoms with Crippen molar-refractivity contribution in [2.24, 2.45) is 17.6 Å². The fourth-order valence-electron chi connectivity index (χ4n) is 3.99. The molecule has 3 atom stereocenters. The molecule has 3 aliphatic rings. The van der Waals surface area contributed by atoms with Crippen LogP contribution >= 0.6 is 0 Å². The van der Waals surface area contributed by atoms with Crippen molar-refractivity contribution >= 4 is 15.9 Å². The topological polar surface area (TPSA) is 89.7 Å². The molecule has 0 bridgehead atoms. The number of nitrogens with two attached hydrogens (primary N) is 1. The summed E-state index contributed by atoms with van der Waals surface area (Å²) in [5.74, 6) is -0.0996. The molecule has 1 amide bonds. The molecule has 1 aliphatic heterocycles. The number of carbonyl (C=O) groups excluding carboxylic acids is 1. The van der Waals surface area contributed by atoms with Gasteiger partial charge in [0.2, 0.25) is 15.9 Å². The summed E-state index contributed by atoms with van der Waals surface area (Å²) >= 11 is 0. The fourth-order valence-corrected chi connectivity index (χ4v) is 6.32. The summed E-state index contributed by atoms with van der Waals surface area (Å²) in [4.78, 5) is 11.8. The van der Waals surface area contributed by atoms with Crippen LogP contribution in [0.4, 0.5) is 0 Å². The molecule has 0 aromatic rings. The lowest BCUT2D eigenvalue weighted by molar-refractivity contribution is -0.122. The Morgan fingerprint density at radius 1 is 1.40 bits per heavy atom. The number of sulfonamides is 1. The molecule has 114 valence electrons. The number of fused-ring (bicyclic) bond motifs is 1. The number of rotatable bonds is 5. The van der Waals surface area contributed by atoms with E-state index in [1.807, 2.05) is 0 Å². The van der Waals surface area contributed by atoms with Crippen molar-refractivity contribution in [3.8, 4) is 0 Å². The van der Waals surface area contributed by atoms with Crippen molar-refractivity contribution in [1.29, 1.82) is 0 Å². The molecular formula is C13H22N2O4S. The summed E-state index contributed by atoms with van der Waals surface area (Å²) in [5.41, 5.74) is 5.50. The highest BCUT2D eigenvalue weighted by molar-refractivity contribution is 7.90. The number of methoxy groups -OCH3 is 1. The van der Waals surface area contributed by atoms with Crippen molar-refractivity contribution in [3.05, 3.63) is 0 Å². The van der Waals surface area contributed by atoms with Crippen LogP contribution in [0.5, 0.6) is 0 Å². The van der Waals surface area contributed by atoms with Crippen LogP contribution in [0.15, 0.2) is 0 Å². The number of primary amides is 1. The van der Waals surface area contributed by atoms with Crippen LogP contribution in [-0.2, 0) is 19.6 Å². The molecule has 3 rings (SSSR count). The van der Waals surface area contributed by atoms with Crippen LogP contribution in [0.25, 0.3) is 0 Å². The van der Waals surface area contributed by atoms with Crippen molar-refractivity contribution in [2.45, 2.75) is 42.9 Å². The first-order chi connectivity index (χ1) is 9.43. The van der Waals surface area contributed by atoms with Gasteiger partial charge in [-0.1, -0.05) is 6.42 Å². The zero-order valence-corrected chi connectivity index (χ0v) is 12.6. The Morgan fingerprint density at radius 3 is 2.65 bits per heavy atom. The van der Waals surface area contributed by atoms with Gasteiger partial charge in [-0.15, -0.1) is 0 Å². The molecule has 2 N–H and O–H groups in total. The van der Waals surface area contributed by atoms with Gasteiger partial charge in [-0.05, 0) is 37.5 Å². The minimum atomic E-state index is -3.52. The zero-order chi connectivity index (χ0) is 14.5. The highest BCUT2D eigenvalue weighted by Gasteiger charge is 2.62. The second kappa shape index (κ2) is 4.68. The first-order valence-corrected chi connectivity index (χ1v) is 8.66. The number of hydrogen-bond acceptors (Lipinski definition) is 4. The predicted molar refractivity (Wildman–Crippen MR) is 73.3 cm³/mol. The number of nitrogens with zero attached hydrogens (tertiary/aromatic N) is 1. The van der Waals surface area contributed by atoms with Gasteiger partial charge in [0.05, 0.1) is 6.61 Å². The second-order valence-corrected chi connectivity index (χ2v) is 8.68. The van der Waals surface area contributed by atoms with Crippen molar-refractivity contribution < 1.29 is 17.9 Å². The van der Waals surface area contributed by atoms with E-state index in [0.29, 0.717) is 25.3 Å². The normalized spacial score (nSPS) is 36.0. The lowest BCUT2D eigenvalue weighted by Gasteiger charge is -2.28. The van der Waals surface area contributed by atoms with Gasteiger partial charge in [-0.2, -0.15) is 4.31 Å². The van der Waals surface area contributed by atoms with Gasteiger partial charge >= 0.3 is 0 Å². The van der Waals surface area contributed by atoms with E-state index in [1.54, 1.807) is 0 Å². The van der Waals surface area contributed by atoms with Gasteiger partial charge in [0.1, 0.15) is 10.8 Å². The zero-order valence-electron chi connectivity index (χ0n) is 11.7. The molecule has 3 fully saturated rings. The highest BCUT2D eigenvalue weighted by atomic mass is 32.2. The molecule has 0 spiro atoms. The Bertz CT molecular complexity index is 514. The standard InChI is InChI=1S/C13H22N2O4S/c1-19-8-13(5-6-13)20(17,18)15-7-9-3-2-4-10(9)11(15)12(14)16/h9-11H,2-8H2,1H3,(H2,14,16). The first kappa shape index (κ1) is 14.3. The largest absolute Gasteiger partial charge is 0.383 e. The molecular weight excluding hydrogens is 280 g/mol. The Labute approximate surface area is 119 Å². The Hall–Kier alpha value is -0.660. The maximum Gasteiger partial charge on any atom is 0.236 e. The summed E-state index contributed by atoms with van der Waals surface area (Å²) in [7, 11) is -2.00. The van der Waals surface area contributed by atoms with Crippen LogP contribution < -0.4 is 5.73 Å². The van der Waals surface area contributed by atoms with E-state index in [-0.39, 0.29) is 12.5 Å². The van der Waals surface area contributed by atoms with Gasteiger partial charge in [-0.3, -0.25) is 4.79 Å². The minimum Gasteiger partial charge on any atom is -0.383 e. The van der Waals surface area contributed by atoms with Gasteiger partial charge < -0.3 is 10.5 Å². The van der Waals surface area contributed by atoms with E-state index in [0.717, 1.165) is 19.3 Å². The molecule has 20 heavy (non-hydrogen) atoms. The van der Waals surface area contributed by atoms with E-state index in [4.69, 9.17) is 10.5 Å². The molecule has 1 saturated heterocycles. The second-order valence-electron chi connectivity index (χ2n) is 6.39. The third-order valence-electron chi connectivity index (χ3n) is 5.21. The van der Waals surface area contributed by atoms with Crippen LogP contribution in [0, 0.1) is 11.8 Å². The van der Waals surface area contributed by atoms with Crippen molar-refractivity contribution in [2.75, 3.05) is 20.3 Å². The maximum atomic E-state index is 12.9. The summed E-state index contributed by atoms with van der Waals surface area (Å²) in [5, 5.41) is 0. The van der Waals surface area contributed by atoms with Gasteiger partial charge in [-0.25, -0.2) is 8.42 Å². The van der Waals surface area contributed by atoms with Gasteiger partial charge in [0, 0.05) is 13.7 Å². The summed E-state index contributed by atoms with van der Waals surface area (Å²) in [6.45, 7) is 0.652. The molecule has 0 aromatic heterocycles. The van der Waals surface area contributed by atoms with E-state index in [1.165, 1.54) is 11.4 Å². The summed E-state index contributed by atoms with van der Waals surface area (Å²) in [6, 6.07) is -0.651. The first-order valence-electron chi connectivity index (χ1n) is 7.22. The molecule has 0 aromatic carbocycles. The van der Waals surface area contributed by atoms with Gasteiger partial charge in [0.15, 0.2) is 0 Å². The van der Waals surface area contributed by atoms with Crippen LogP contribution in [-0.4, -0.2) is 49.7 Å². The maximum absolute atomic E-state index is 12.9. The van der Waals surface area contributed by atoms with Crippen LogP contribution in [0.3, 0.4) is 0 Å². The van der Waals surface area contributed by atoms with E-state index < -0.39 is 26.7 Å². The molecule has 2 aliphatic carbocycles. The average molecular weight is 302 g/mol. The SMILES string of the molecule is COCC1(S(=O)(=O)N2CC3CCCC3C2C(N)=O)CC1. The number of hydrogen-bond donors (Lipinski definition) is 1. The van der Waals surface area contributed by atoms with E-state index in [2.05, 4.69) is 0 Å². The monoisotopic (exact) mass is 302 g/mol. The number of ether oxygens (including phenoxy) is 1. The molecule has 6 nitrogen and oxygen atoms in total. The number of amides is 1. The molecule has 7 heteroatoms. The lowest BCUT2D eigenvalue weighted by Crippen LogP contribution is -2.51. The molecule has 3 unspecified atom stereocenters. The smallest absolute Gasteiger partial charge is 0.236 e. The van der Waals surface area contributed by atoms with Crippen molar-refractivity contribution in [3.63, 3.8) is 0 Å². The lowest BCUT2D eigenvalue weighted by atomic mass is 9.94. The summed E-state index contributed by atoms with van der Waals surface area (Å²) in [6.07, 6.45) is 4.19. The molecule has 1 heterocycles. The summed E-state index contributed by atoms with van der Waals surface area (Å²) < 4.78 is 31.5. The highest BCUT2D eigenvalue weighted by Crippen LogP contribution is 2.50. The number of carbonyl (C=O) groups is 1. The Balaban J connectivity index is 1.91. The quantitative estimate of drug-likeness (QED) is 0.779. The molecule has 0 radical (unpaired) electrons. The third kappa shape index (κ3) is 1.90. The third-order valence-corrected chi connectivity index (χ3v) is 7.82. The van der Waals surface area contributed by atoms with Gasteiger partial charge in [0.25, 0.3) is 0 Å². The Kier molecular flexibility index (Phi) is 3.34. The predicted octanol–water partition coefficient (Wildman–Crippen LogP) is 0.0810. The van der Waals surface area contributed by atoms with E-state index in [9.17, 15) is 13.2 Å². The molecule has 2 saturated carbocycles. The average Bonchev–Trinajstić information content (AvgIpc) is 2.87. The van der Waals surface area contributed by atoms with Crippen LogP contribution in [0.2, 0.25) is 0 Å². The van der Waals surface area contributed by atoms with Crippen LogP contribution in [0.1, 0.15) is 32.1 Å². The fraction of sp³-hybridized carbons (Fsp3) is 0.923. The Morgan fingerprint density at radius 2 is 2.10 bits per heavy atom. The minimum absolute atomic E-state index is 0.112.